The number of piperazine rings is 1. The first-order chi connectivity index (χ1) is 10.6. The summed E-state index contributed by atoms with van der Waals surface area (Å²) in [5, 5.41) is 4.03. The second-order valence-electron chi connectivity index (χ2n) is 5.60. The molecular weight excluding hydrogens is 335 g/mol. The van der Waals surface area contributed by atoms with Crippen LogP contribution in [0.25, 0.3) is 0 Å². The van der Waals surface area contributed by atoms with Gasteiger partial charge < -0.3 is 14.6 Å². The van der Waals surface area contributed by atoms with Gasteiger partial charge in [-0.1, -0.05) is 23.7 Å². The Hall–Kier alpha value is -1.49. The van der Waals surface area contributed by atoms with Crippen LogP contribution in [0.5, 0.6) is 0 Å². The largest absolute Gasteiger partial charge is 0.466 e. The van der Waals surface area contributed by atoms with Crippen molar-refractivity contribution in [2.45, 2.75) is 19.9 Å². The van der Waals surface area contributed by atoms with E-state index in [0.717, 1.165) is 24.4 Å². The van der Waals surface area contributed by atoms with Crippen molar-refractivity contribution in [1.82, 2.24) is 10.2 Å². The molecule has 3 rings (SSSR count). The number of halogens is 2. The zero-order valence-corrected chi connectivity index (χ0v) is 14.7. The molecule has 4 nitrogen and oxygen atoms in total. The smallest absolute Gasteiger partial charge is 0.258 e. The van der Waals surface area contributed by atoms with E-state index in [4.69, 9.17) is 16.0 Å². The fraction of sp³-hybridized carbons (Fsp3) is 0.353. The van der Waals surface area contributed by atoms with Crippen LogP contribution in [-0.4, -0.2) is 30.4 Å². The van der Waals surface area contributed by atoms with Crippen molar-refractivity contribution < 1.29 is 9.21 Å². The van der Waals surface area contributed by atoms with Gasteiger partial charge in [0.05, 0.1) is 11.6 Å². The average molecular weight is 355 g/mol. The highest BCUT2D eigenvalue weighted by Crippen LogP contribution is 2.27. The molecule has 2 heterocycles. The Bertz CT molecular complexity index is 700. The minimum atomic E-state index is -0.0189. The molecule has 1 unspecified atom stereocenters. The molecule has 124 valence electrons. The van der Waals surface area contributed by atoms with Gasteiger partial charge in [0.15, 0.2) is 0 Å². The van der Waals surface area contributed by atoms with E-state index < -0.39 is 0 Å². The van der Waals surface area contributed by atoms with Crippen LogP contribution in [0.2, 0.25) is 5.02 Å². The van der Waals surface area contributed by atoms with Gasteiger partial charge in [0.25, 0.3) is 5.91 Å². The lowest BCUT2D eigenvalue weighted by Crippen LogP contribution is -2.48. The second-order valence-corrected chi connectivity index (χ2v) is 6.04. The Morgan fingerprint density at radius 2 is 2.13 bits per heavy atom. The topological polar surface area (TPSA) is 45.5 Å². The van der Waals surface area contributed by atoms with Crippen LogP contribution < -0.4 is 5.32 Å². The molecule has 0 saturated carbocycles. The number of hydrogen-bond donors (Lipinski definition) is 1. The van der Waals surface area contributed by atoms with Crippen LogP contribution in [0.4, 0.5) is 0 Å². The molecule has 1 aromatic heterocycles. The third kappa shape index (κ3) is 3.71. The highest BCUT2D eigenvalue weighted by molar-refractivity contribution is 6.30. The van der Waals surface area contributed by atoms with Crippen LogP contribution >= 0.6 is 24.0 Å². The van der Waals surface area contributed by atoms with Gasteiger partial charge >= 0.3 is 0 Å². The molecule has 1 atom stereocenters. The van der Waals surface area contributed by atoms with Gasteiger partial charge in [-0.05, 0) is 37.6 Å². The summed E-state index contributed by atoms with van der Waals surface area (Å²) in [4.78, 5) is 14.8. The first-order valence-corrected chi connectivity index (χ1v) is 7.78. The summed E-state index contributed by atoms with van der Waals surface area (Å²) in [6, 6.07) is 9.49. The van der Waals surface area contributed by atoms with E-state index in [1.807, 2.05) is 49.1 Å². The average Bonchev–Trinajstić information content (AvgIpc) is 2.85. The van der Waals surface area contributed by atoms with E-state index in [1.165, 1.54) is 0 Å². The number of rotatable bonds is 2. The van der Waals surface area contributed by atoms with Crippen LogP contribution in [0.3, 0.4) is 0 Å². The van der Waals surface area contributed by atoms with Crippen molar-refractivity contribution in [2.24, 2.45) is 0 Å². The van der Waals surface area contributed by atoms with Crippen LogP contribution in [0.15, 0.2) is 34.7 Å². The highest BCUT2D eigenvalue weighted by atomic mass is 35.5. The lowest BCUT2D eigenvalue weighted by atomic mass is 10.0. The molecule has 1 saturated heterocycles. The molecule has 1 aromatic carbocycles. The van der Waals surface area contributed by atoms with Crippen molar-refractivity contribution in [2.75, 3.05) is 19.6 Å². The second kappa shape index (κ2) is 7.39. The summed E-state index contributed by atoms with van der Waals surface area (Å²) in [5.41, 5.74) is 1.69. The van der Waals surface area contributed by atoms with Crippen molar-refractivity contribution >= 4 is 29.9 Å². The number of amides is 1. The number of nitrogens with zero attached hydrogens (tertiary/aromatic N) is 1. The normalized spacial score (nSPS) is 17.7. The first kappa shape index (κ1) is 17.9. The zero-order valence-electron chi connectivity index (χ0n) is 13.1. The van der Waals surface area contributed by atoms with Crippen LogP contribution in [0.1, 0.15) is 33.5 Å². The van der Waals surface area contributed by atoms with E-state index in [9.17, 15) is 4.79 Å². The minimum Gasteiger partial charge on any atom is -0.466 e. The predicted octanol–water partition coefficient (Wildman–Crippen LogP) is 3.76. The molecule has 0 aliphatic carbocycles. The monoisotopic (exact) mass is 354 g/mol. The number of nitrogens with one attached hydrogen (secondary N) is 1. The maximum Gasteiger partial charge on any atom is 0.258 e. The standard InChI is InChI=1S/C17H19ClN2O2.ClH/c1-11-8-15(12(2)22-11)17(21)20-7-6-19-10-16(20)13-4-3-5-14(18)9-13;/h3-5,8-9,16,19H,6-7,10H2,1-2H3;1H. The van der Waals surface area contributed by atoms with Gasteiger partial charge in [-0.25, -0.2) is 0 Å². The molecule has 6 heteroatoms. The Balaban J connectivity index is 0.00000192. The summed E-state index contributed by atoms with van der Waals surface area (Å²) < 4.78 is 5.50. The van der Waals surface area contributed by atoms with Gasteiger partial charge in [-0.15, -0.1) is 12.4 Å². The van der Waals surface area contributed by atoms with Gasteiger partial charge in [0.2, 0.25) is 0 Å². The number of benzene rings is 1. The third-order valence-corrected chi connectivity index (χ3v) is 4.24. The zero-order chi connectivity index (χ0) is 15.7. The third-order valence-electron chi connectivity index (χ3n) is 4.01. The predicted molar refractivity (Wildman–Crippen MR) is 93.5 cm³/mol. The Morgan fingerprint density at radius 1 is 1.35 bits per heavy atom. The van der Waals surface area contributed by atoms with E-state index >= 15 is 0 Å². The Labute approximate surface area is 147 Å². The molecule has 0 bridgehead atoms. The number of furan rings is 1. The minimum absolute atomic E-state index is 0. The fourth-order valence-corrected chi connectivity index (χ4v) is 3.16. The Morgan fingerprint density at radius 3 is 2.78 bits per heavy atom. The molecule has 1 fully saturated rings. The summed E-state index contributed by atoms with van der Waals surface area (Å²) in [5.74, 6) is 1.45. The maximum absolute atomic E-state index is 12.9. The number of carbonyl (C=O) groups excluding carboxylic acids is 1. The molecule has 2 aromatic rings. The molecule has 23 heavy (non-hydrogen) atoms. The van der Waals surface area contributed by atoms with Crippen LogP contribution in [-0.2, 0) is 0 Å². The number of hydrogen-bond acceptors (Lipinski definition) is 3. The van der Waals surface area contributed by atoms with Crippen LogP contribution in [0, 0.1) is 13.8 Å². The maximum atomic E-state index is 12.9. The molecule has 1 amide bonds. The first-order valence-electron chi connectivity index (χ1n) is 7.40. The van der Waals surface area contributed by atoms with Gasteiger partial charge in [-0.3, -0.25) is 4.79 Å². The number of aryl methyl sites for hydroxylation is 2. The van der Waals surface area contributed by atoms with Crippen molar-refractivity contribution in [3.05, 3.63) is 58.0 Å². The Kier molecular flexibility index (Phi) is 5.74. The molecule has 1 N–H and O–H groups in total. The summed E-state index contributed by atoms with van der Waals surface area (Å²) in [6.07, 6.45) is 0. The van der Waals surface area contributed by atoms with E-state index in [0.29, 0.717) is 22.9 Å². The molecule has 1 aliphatic heterocycles. The highest BCUT2D eigenvalue weighted by Gasteiger charge is 2.30. The summed E-state index contributed by atoms with van der Waals surface area (Å²) in [7, 11) is 0. The fourth-order valence-electron chi connectivity index (χ4n) is 2.96. The van der Waals surface area contributed by atoms with Gasteiger partial charge in [0, 0.05) is 24.7 Å². The lowest BCUT2D eigenvalue weighted by Gasteiger charge is -2.36. The van der Waals surface area contributed by atoms with E-state index in [-0.39, 0.29) is 24.4 Å². The summed E-state index contributed by atoms with van der Waals surface area (Å²) in [6.45, 7) is 5.87. The molecule has 0 radical (unpaired) electrons. The van der Waals surface area contributed by atoms with E-state index in [2.05, 4.69) is 5.32 Å². The lowest BCUT2D eigenvalue weighted by molar-refractivity contribution is 0.0632. The van der Waals surface area contributed by atoms with E-state index in [1.54, 1.807) is 0 Å². The van der Waals surface area contributed by atoms with Crippen molar-refractivity contribution in [3.63, 3.8) is 0 Å². The van der Waals surface area contributed by atoms with Gasteiger partial charge in [0.1, 0.15) is 11.5 Å². The molecular formula is C17H20Cl2N2O2. The van der Waals surface area contributed by atoms with Crippen molar-refractivity contribution in [1.29, 1.82) is 0 Å². The molecule has 0 spiro atoms. The SMILES string of the molecule is Cc1cc(C(=O)N2CCNCC2c2cccc(Cl)c2)c(C)o1.Cl. The number of carbonyl (C=O) groups is 1. The van der Waals surface area contributed by atoms with Crippen molar-refractivity contribution in [3.8, 4) is 0 Å². The quantitative estimate of drug-likeness (QED) is 0.892. The van der Waals surface area contributed by atoms with Gasteiger partial charge in [-0.2, -0.15) is 0 Å². The molecule has 1 aliphatic rings. The summed E-state index contributed by atoms with van der Waals surface area (Å²) >= 11 is 6.10.